The van der Waals surface area contributed by atoms with Crippen LogP contribution in [0.1, 0.15) is 15.9 Å². The van der Waals surface area contributed by atoms with Gasteiger partial charge in [0.05, 0.1) is 11.3 Å². The molecule has 1 aromatic heterocycles. The molecule has 1 aliphatic rings. The summed E-state index contributed by atoms with van der Waals surface area (Å²) in [5.41, 5.74) is 3.87. The number of piperazine rings is 1. The van der Waals surface area contributed by atoms with Crippen LogP contribution in [0.15, 0.2) is 66.9 Å². The molecule has 1 amide bonds. The number of amides is 1. The van der Waals surface area contributed by atoms with Crippen LogP contribution in [0, 0.1) is 5.82 Å². The Balaban J connectivity index is 1.42. The highest BCUT2D eigenvalue weighted by atomic mass is 19.1. The van der Waals surface area contributed by atoms with E-state index in [4.69, 9.17) is 0 Å². The molecule has 0 radical (unpaired) electrons. The molecule has 2 aromatic carbocycles. The monoisotopic (exact) mass is 404 g/mol. The van der Waals surface area contributed by atoms with Gasteiger partial charge < -0.3 is 10.2 Å². The number of carbonyl (C=O) groups is 1. The third-order valence-electron chi connectivity index (χ3n) is 5.37. The normalized spacial score (nSPS) is 14.5. The first-order valence-corrected chi connectivity index (χ1v) is 10.1. The highest BCUT2D eigenvalue weighted by molar-refractivity contribution is 6.05. The van der Waals surface area contributed by atoms with Crippen LogP contribution in [-0.4, -0.2) is 49.0 Å². The van der Waals surface area contributed by atoms with Gasteiger partial charge in [0.2, 0.25) is 0 Å². The molecule has 0 aliphatic carbocycles. The number of benzene rings is 2. The quantitative estimate of drug-likeness (QED) is 0.706. The van der Waals surface area contributed by atoms with Crippen LogP contribution < -0.4 is 10.2 Å². The Hall–Kier alpha value is -3.09. The standard InChI is InChI=1S/C24H25FN4O/c1-28(22-8-5-18(6-9-22)17-29-13-11-26-12-14-29)24(30)20-7-10-23(27-16-20)19-3-2-4-21(25)15-19/h2-10,15-16,26H,11-14,17H2,1H3. The maximum atomic E-state index is 13.4. The summed E-state index contributed by atoms with van der Waals surface area (Å²) in [5.74, 6) is -0.447. The molecule has 0 atom stereocenters. The van der Waals surface area contributed by atoms with Crippen LogP contribution in [0.2, 0.25) is 0 Å². The first kappa shape index (κ1) is 20.2. The van der Waals surface area contributed by atoms with E-state index in [0.717, 1.165) is 38.4 Å². The van der Waals surface area contributed by atoms with Gasteiger partial charge in [0, 0.05) is 57.2 Å². The molecule has 2 heterocycles. The van der Waals surface area contributed by atoms with Crippen molar-refractivity contribution in [1.82, 2.24) is 15.2 Å². The molecule has 154 valence electrons. The minimum atomic E-state index is -0.311. The fourth-order valence-corrected chi connectivity index (χ4v) is 3.60. The van der Waals surface area contributed by atoms with Gasteiger partial charge in [0.15, 0.2) is 0 Å². The predicted molar refractivity (Wildman–Crippen MR) is 117 cm³/mol. The number of anilines is 1. The molecule has 30 heavy (non-hydrogen) atoms. The summed E-state index contributed by atoms with van der Waals surface area (Å²) >= 11 is 0. The van der Waals surface area contributed by atoms with E-state index in [1.54, 1.807) is 36.2 Å². The number of pyridine rings is 1. The first-order chi connectivity index (χ1) is 14.6. The molecule has 0 unspecified atom stereocenters. The van der Waals surface area contributed by atoms with Crippen LogP contribution in [0.25, 0.3) is 11.3 Å². The molecular formula is C24H25FN4O. The van der Waals surface area contributed by atoms with Gasteiger partial charge in [-0.05, 0) is 42.0 Å². The van der Waals surface area contributed by atoms with Crippen molar-refractivity contribution in [2.75, 3.05) is 38.1 Å². The van der Waals surface area contributed by atoms with Crippen LogP contribution in [-0.2, 0) is 6.54 Å². The van der Waals surface area contributed by atoms with Crippen molar-refractivity contribution in [2.24, 2.45) is 0 Å². The van der Waals surface area contributed by atoms with Crippen molar-refractivity contribution in [3.8, 4) is 11.3 Å². The fraction of sp³-hybridized carbons (Fsp3) is 0.250. The number of hydrogen-bond acceptors (Lipinski definition) is 4. The maximum absolute atomic E-state index is 13.4. The van der Waals surface area contributed by atoms with Gasteiger partial charge in [-0.1, -0.05) is 24.3 Å². The molecule has 1 N–H and O–H groups in total. The van der Waals surface area contributed by atoms with Crippen LogP contribution in [0.4, 0.5) is 10.1 Å². The van der Waals surface area contributed by atoms with E-state index in [0.29, 0.717) is 16.8 Å². The third kappa shape index (κ3) is 4.72. The van der Waals surface area contributed by atoms with Crippen LogP contribution in [0.3, 0.4) is 0 Å². The van der Waals surface area contributed by atoms with Crippen molar-refractivity contribution in [3.63, 3.8) is 0 Å². The number of rotatable bonds is 5. The topological polar surface area (TPSA) is 48.5 Å². The Morgan fingerprint density at radius 3 is 2.53 bits per heavy atom. The zero-order valence-corrected chi connectivity index (χ0v) is 17.0. The highest BCUT2D eigenvalue weighted by Gasteiger charge is 2.15. The van der Waals surface area contributed by atoms with E-state index in [1.807, 2.05) is 12.1 Å². The van der Waals surface area contributed by atoms with E-state index < -0.39 is 0 Å². The Morgan fingerprint density at radius 2 is 1.87 bits per heavy atom. The van der Waals surface area contributed by atoms with E-state index in [-0.39, 0.29) is 11.7 Å². The molecular weight excluding hydrogens is 379 g/mol. The smallest absolute Gasteiger partial charge is 0.259 e. The van der Waals surface area contributed by atoms with Gasteiger partial charge in [-0.15, -0.1) is 0 Å². The lowest BCUT2D eigenvalue weighted by Crippen LogP contribution is -2.42. The third-order valence-corrected chi connectivity index (χ3v) is 5.37. The molecule has 1 fully saturated rings. The molecule has 0 spiro atoms. The summed E-state index contributed by atoms with van der Waals surface area (Å²) in [5, 5.41) is 3.36. The lowest BCUT2D eigenvalue weighted by molar-refractivity contribution is 0.0992. The van der Waals surface area contributed by atoms with Crippen molar-refractivity contribution in [1.29, 1.82) is 0 Å². The minimum Gasteiger partial charge on any atom is -0.314 e. The summed E-state index contributed by atoms with van der Waals surface area (Å²) in [7, 11) is 1.76. The second-order valence-electron chi connectivity index (χ2n) is 7.50. The highest BCUT2D eigenvalue weighted by Crippen LogP contribution is 2.20. The minimum absolute atomic E-state index is 0.136. The number of nitrogens with one attached hydrogen (secondary N) is 1. The Labute approximate surface area is 176 Å². The first-order valence-electron chi connectivity index (χ1n) is 10.1. The lowest BCUT2D eigenvalue weighted by atomic mass is 10.1. The number of aromatic nitrogens is 1. The zero-order chi connectivity index (χ0) is 20.9. The molecule has 0 bridgehead atoms. The Kier molecular flexibility index (Phi) is 6.16. The van der Waals surface area contributed by atoms with E-state index in [2.05, 4.69) is 27.3 Å². The van der Waals surface area contributed by atoms with Crippen LogP contribution in [0.5, 0.6) is 0 Å². The van der Waals surface area contributed by atoms with Crippen molar-refractivity contribution in [2.45, 2.75) is 6.54 Å². The summed E-state index contributed by atoms with van der Waals surface area (Å²) in [4.78, 5) is 21.2. The number of hydrogen-bond donors (Lipinski definition) is 1. The van der Waals surface area contributed by atoms with Crippen LogP contribution >= 0.6 is 0 Å². The summed E-state index contributed by atoms with van der Waals surface area (Å²) in [6.07, 6.45) is 1.54. The zero-order valence-electron chi connectivity index (χ0n) is 17.0. The molecule has 6 heteroatoms. The molecule has 4 rings (SSSR count). The average molecular weight is 404 g/mol. The Bertz CT molecular complexity index is 998. The molecule has 1 aliphatic heterocycles. The predicted octanol–water partition coefficient (Wildman–Crippen LogP) is 3.57. The number of carbonyl (C=O) groups excluding carboxylic acids is 1. The second-order valence-corrected chi connectivity index (χ2v) is 7.50. The van der Waals surface area contributed by atoms with Crippen molar-refractivity contribution in [3.05, 3.63) is 83.8 Å². The van der Waals surface area contributed by atoms with E-state index >= 15 is 0 Å². The molecule has 0 saturated carbocycles. The van der Waals surface area contributed by atoms with Crippen molar-refractivity contribution < 1.29 is 9.18 Å². The summed E-state index contributed by atoms with van der Waals surface area (Å²) in [6.45, 7) is 5.09. The molecule has 5 nitrogen and oxygen atoms in total. The average Bonchev–Trinajstić information content (AvgIpc) is 2.79. The maximum Gasteiger partial charge on any atom is 0.259 e. The SMILES string of the molecule is CN(C(=O)c1ccc(-c2cccc(F)c2)nc1)c1ccc(CN2CCNCC2)cc1. The van der Waals surface area contributed by atoms with Gasteiger partial charge in [0.1, 0.15) is 5.82 Å². The summed E-state index contributed by atoms with van der Waals surface area (Å²) < 4.78 is 13.4. The van der Waals surface area contributed by atoms with Gasteiger partial charge >= 0.3 is 0 Å². The molecule has 1 saturated heterocycles. The lowest BCUT2D eigenvalue weighted by Gasteiger charge is -2.27. The van der Waals surface area contributed by atoms with Gasteiger partial charge in [0.25, 0.3) is 5.91 Å². The van der Waals surface area contributed by atoms with Crippen molar-refractivity contribution >= 4 is 11.6 Å². The summed E-state index contributed by atoms with van der Waals surface area (Å²) in [6, 6.07) is 17.8. The second kappa shape index (κ2) is 9.15. The van der Waals surface area contributed by atoms with Gasteiger partial charge in [-0.25, -0.2) is 4.39 Å². The largest absolute Gasteiger partial charge is 0.314 e. The van der Waals surface area contributed by atoms with E-state index in [1.165, 1.54) is 23.9 Å². The number of halogens is 1. The number of nitrogens with zero attached hydrogens (tertiary/aromatic N) is 3. The van der Waals surface area contributed by atoms with Gasteiger partial charge in [-0.2, -0.15) is 0 Å². The Morgan fingerprint density at radius 1 is 1.10 bits per heavy atom. The van der Waals surface area contributed by atoms with E-state index in [9.17, 15) is 9.18 Å². The fourth-order valence-electron chi connectivity index (χ4n) is 3.60. The van der Waals surface area contributed by atoms with Gasteiger partial charge in [-0.3, -0.25) is 14.7 Å². The molecule has 3 aromatic rings.